The lowest BCUT2D eigenvalue weighted by Crippen LogP contribution is -2.17. The van der Waals surface area contributed by atoms with Crippen LogP contribution in [0.15, 0.2) is 42.5 Å². The van der Waals surface area contributed by atoms with Crippen molar-refractivity contribution in [3.05, 3.63) is 69.3 Å². The van der Waals surface area contributed by atoms with Crippen LogP contribution in [0, 0.1) is 10.1 Å². The predicted molar refractivity (Wildman–Crippen MR) is 74.4 cm³/mol. The molecular formula is C15H11F3N2O2. The number of fused-ring (bicyclic) bond motifs is 1. The third-order valence-electron chi connectivity index (χ3n) is 3.68. The normalized spacial score (nSPS) is 14.0. The monoisotopic (exact) mass is 308 g/mol. The van der Waals surface area contributed by atoms with Gasteiger partial charge in [-0.25, -0.2) is 0 Å². The number of halogens is 3. The molecule has 0 saturated heterocycles. The first-order chi connectivity index (χ1) is 10.4. The molecule has 22 heavy (non-hydrogen) atoms. The van der Waals surface area contributed by atoms with E-state index in [4.69, 9.17) is 0 Å². The first kappa shape index (κ1) is 14.4. The highest BCUT2D eigenvalue weighted by atomic mass is 19.4. The van der Waals surface area contributed by atoms with Gasteiger partial charge in [0.1, 0.15) is 5.69 Å². The quantitative estimate of drug-likeness (QED) is 0.619. The fourth-order valence-corrected chi connectivity index (χ4v) is 2.62. The zero-order chi connectivity index (χ0) is 15.9. The largest absolute Gasteiger partial charge is 0.416 e. The summed E-state index contributed by atoms with van der Waals surface area (Å²) in [6.45, 7) is 0.894. The van der Waals surface area contributed by atoms with Crippen molar-refractivity contribution in [2.45, 2.75) is 19.3 Å². The maximum Gasteiger partial charge on any atom is 0.416 e. The predicted octanol–water partition coefficient (Wildman–Crippen LogP) is 4.13. The second-order valence-electron chi connectivity index (χ2n) is 5.08. The number of hydrogen-bond acceptors (Lipinski definition) is 3. The van der Waals surface area contributed by atoms with Gasteiger partial charge in [0.15, 0.2) is 0 Å². The van der Waals surface area contributed by atoms with E-state index in [0.717, 1.165) is 17.2 Å². The van der Waals surface area contributed by atoms with Gasteiger partial charge in [0, 0.05) is 19.2 Å². The van der Waals surface area contributed by atoms with Crippen LogP contribution in [0.1, 0.15) is 16.7 Å². The lowest BCUT2D eigenvalue weighted by atomic mass is 10.1. The van der Waals surface area contributed by atoms with Crippen LogP contribution in [0.3, 0.4) is 0 Å². The minimum Gasteiger partial charge on any atom is -0.357 e. The molecule has 1 aliphatic rings. The Bertz CT molecular complexity index is 719. The average molecular weight is 308 g/mol. The molecule has 1 aliphatic heterocycles. The first-order valence-electron chi connectivity index (χ1n) is 6.53. The van der Waals surface area contributed by atoms with Crippen LogP contribution in [-0.4, -0.2) is 4.92 Å². The summed E-state index contributed by atoms with van der Waals surface area (Å²) in [5.74, 6) is 0. The molecule has 2 aromatic carbocycles. The van der Waals surface area contributed by atoms with Gasteiger partial charge in [-0.3, -0.25) is 10.1 Å². The van der Waals surface area contributed by atoms with Gasteiger partial charge in [-0.05, 0) is 23.3 Å². The molecule has 0 bridgehead atoms. The van der Waals surface area contributed by atoms with Crippen molar-refractivity contribution in [1.82, 2.24) is 0 Å². The lowest BCUT2D eigenvalue weighted by molar-refractivity contribution is -0.384. The topological polar surface area (TPSA) is 46.4 Å². The van der Waals surface area contributed by atoms with Crippen molar-refractivity contribution in [1.29, 1.82) is 0 Å². The molecule has 0 radical (unpaired) electrons. The standard InChI is InChI=1S/C15H11F3N2O2/c16-15(17,18)12-5-6-13(14(7-12)20(21)22)19-8-10-3-1-2-4-11(10)9-19/h1-7H,8-9H2. The minimum atomic E-state index is -4.60. The number of nitrogens with zero attached hydrogens (tertiary/aromatic N) is 2. The SMILES string of the molecule is O=[N+]([O-])c1cc(C(F)(F)F)ccc1N1Cc2ccccc2C1. The average Bonchev–Trinajstić information content (AvgIpc) is 2.89. The second-order valence-corrected chi connectivity index (χ2v) is 5.08. The summed E-state index contributed by atoms with van der Waals surface area (Å²) in [5.41, 5.74) is 0.713. The van der Waals surface area contributed by atoms with Gasteiger partial charge < -0.3 is 4.90 Å². The van der Waals surface area contributed by atoms with E-state index < -0.39 is 22.4 Å². The number of hydrogen-bond donors (Lipinski definition) is 0. The maximum absolute atomic E-state index is 12.7. The van der Waals surface area contributed by atoms with E-state index in [-0.39, 0.29) is 5.69 Å². The van der Waals surface area contributed by atoms with Crippen LogP contribution in [0.2, 0.25) is 0 Å². The molecule has 0 atom stereocenters. The van der Waals surface area contributed by atoms with Crippen LogP contribution in [0.5, 0.6) is 0 Å². The first-order valence-corrected chi connectivity index (χ1v) is 6.53. The van der Waals surface area contributed by atoms with Crippen molar-refractivity contribution >= 4 is 11.4 Å². The molecule has 0 spiro atoms. The van der Waals surface area contributed by atoms with Crippen LogP contribution in [0.4, 0.5) is 24.5 Å². The Morgan fingerprint density at radius 1 is 1.05 bits per heavy atom. The zero-order valence-corrected chi connectivity index (χ0v) is 11.3. The van der Waals surface area contributed by atoms with E-state index in [2.05, 4.69) is 0 Å². The molecule has 114 valence electrons. The number of benzene rings is 2. The van der Waals surface area contributed by atoms with Gasteiger partial charge in [-0.15, -0.1) is 0 Å². The summed E-state index contributed by atoms with van der Waals surface area (Å²) in [5, 5.41) is 11.1. The fourth-order valence-electron chi connectivity index (χ4n) is 2.62. The Morgan fingerprint density at radius 2 is 1.64 bits per heavy atom. The Labute approximate surface area is 123 Å². The molecule has 7 heteroatoms. The number of anilines is 1. The second kappa shape index (κ2) is 5.01. The molecule has 0 N–H and O–H groups in total. The van der Waals surface area contributed by atoms with Crippen molar-refractivity contribution in [3.63, 3.8) is 0 Å². The Hall–Kier alpha value is -2.57. The summed E-state index contributed by atoms with van der Waals surface area (Å²) < 4.78 is 38.2. The van der Waals surface area contributed by atoms with E-state index in [1.54, 1.807) is 4.90 Å². The highest BCUT2D eigenvalue weighted by Gasteiger charge is 2.34. The Morgan fingerprint density at radius 3 is 2.14 bits per heavy atom. The van der Waals surface area contributed by atoms with E-state index in [1.807, 2.05) is 24.3 Å². The number of alkyl halides is 3. The van der Waals surface area contributed by atoms with E-state index in [1.165, 1.54) is 6.07 Å². The number of nitro benzene ring substituents is 1. The molecule has 0 fully saturated rings. The van der Waals surface area contributed by atoms with Gasteiger partial charge in [0.2, 0.25) is 0 Å². The molecule has 1 heterocycles. The molecule has 0 amide bonds. The zero-order valence-electron chi connectivity index (χ0n) is 11.3. The van der Waals surface area contributed by atoms with Crippen LogP contribution in [0.25, 0.3) is 0 Å². The Kier molecular flexibility index (Phi) is 3.27. The van der Waals surface area contributed by atoms with Gasteiger partial charge in [-0.2, -0.15) is 13.2 Å². The van der Waals surface area contributed by atoms with Gasteiger partial charge in [0.05, 0.1) is 10.5 Å². The maximum atomic E-state index is 12.7. The highest BCUT2D eigenvalue weighted by molar-refractivity contribution is 5.66. The highest BCUT2D eigenvalue weighted by Crippen LogP contribution is 2.39. The van der Waals surface area contributed by atoms with E-state index in [0.29, 0.717) is 19.2 Å². The smallest absolute Gasteiger partial charge is 0.357 e. The Balaban J connectivity index is 2.00. The van der Waals surface area contributed by atoms with E-state index >= 15 is 0 Å². The molecule has 2 aromatic rings. The van der Waals surface area contributed by atoms with Crippen molar-refractivity contribution in [2.75, 3.05) is 4.90 Å². The molecular weight excluding hydrogens is 297 g/mol. The van der Waals surface area contributed by atoms with Crippen LogP contribution >= 0.6 is 0 Å². The van der Waals surface area contributed by atoms with E-state index in [9.17, 15) is 23.3 Å². The number of rotatable bonds is 2. The summed E-state index contributed by atoms with van der Waals surface area (Å²) in [6, 6.07) is 10.2. The third-order valence-corrected chi connectivity index (χ3v) is 3.68. The van der Waals surface area contributed by atoms with Crippen LogP contribution in [-0.2, 0) is 19.3 Å². The summed E-state index contributed by atoms with van der Waals surface area (Å²) >= 11 is 0. The molecule has 0 aromatic heterocycles. The summed E-state index contributed by atoms with van der Waals surface area (Å²) in [6.07, 6.45) is -4.60. The van der Waals surface area contributed by atoms with Gasteiger partial charge in [-0.1, -0.05) is 24.3 Å². The van der Waals surface area contributed by atoms with Crippen molar-refractivity contribution in [2.24, 2.45) is 0 Å². The van der Waals surface area contributed by atoms with Gasteiger partial charge >= 0.3 is 6.18 Å². The molecule has 0 aliphatic carbocycles. The number of nitro groups is 1. The third kappa shape index (κ3) is 2.49. The summed E-state index contributed by atoms with van der Waals surface area (Å²) in [7, 11) is 0. The van der Waals surface area contributed by atoms with Crippen molar-refractivity contribution in [3.8, 4) is 0 Å². The lowest BCUT2D eigenvalue weighted by Gasteiger charge is -2.18. The molecule has 3 rings (SSSR count). The minimum absolute atomic E-state index is 0.203. The molecule has 0 saturated carbocycles. The van der Waals surface area contributed by atoms with Crippen molar-refractivity contribution < 1.29 is 18.1 Å². The molecule has 0 unspecified atom stereocenters. The fraction of sp³-hybridized carbons (Fsp3) is 0.200. The van der Waals surface area contributed by atoms with Gasteiger partial charge in [0.25, 0.3) is 5.69 Å². The summed E-state index contributed by atoms with van der Waals surface area (Å²) in [4.78, 5) is 12.1. The van der Waals surface area contributed by atoms with Crippen LogP contribution < -0.4 is 4.90 Å². The molecule has 4 nitrogen and oxygen atoms in total.